The standard InChI is InChI=1S/C15H10F2N2O/c1-8-6-13(17)11(7-12(8)16)14-9-4-2-3-5-10(9)15(20)19-18-14/h2-7H,1H3,(H,19,20). The molecule has 0 atom stereocenters. The van der Waals surface area contributed by atoms with Gasteiger partial charge < -0.3 is 0 Å². The van der Waals surface area contributed by atoms with Crippen LogP contribution >= 0.6 is 0 Å². The molecule has 100 valence electrons. The summed E-state index contributed by atoms with van der Waals surface area (Å²) in [5.74, 6) is -1.09. The summed E-state index contributed by atoms with van der Waals surface area (Å²) in [6.07, 6.45) is 0. The van der Waals surface area contributed by atoms with E-state index in [0.29, 0.717) is 10.8 Å². The lowest BCUT2D eigenvalue weighted by molar-refractivity contribution is 0.594. The van der Waals surface area contributed by atoms with Gasteiger partial charge in [-0.1, -0.05) is 18.2 Å². The van der Waals surface area contributed by atoms with Gasteiger partial charge in [0.05, 0.1) is 5.39 Å². The molecule has 0 saturated heterocycles. The molecule has 0 saturated carbocycles. The predicted molar refractivity (Wildman–Crippen MR) is 72.5 cm³/mol. The number of aryl methyl sites for hydroxylation is 1. The molecule has 0 aliphatic carbocycles. The summed E-state index contributed by atoms with van der Waals surface area (Å²) in [5.41, 5.74) is 0.106. The fraction of sp³-hybridized carbons (Fsp3) is 0.0667. The van der Waals surface area contributed by atoms with Crippen LogP contribution < -0.4 is 5.56 Å². The lowest BCUT2D eigenvalue weighted by atomic mass is 10.0. The second-order valence-electron chi connectivity index (χ2n) is 4.53. The van der Waals surface area contributed by atoms with Crippen molar-refractivity contribution in [1.82, 2.24) is 10.2 Å². The van der Waals surface area contributed by atoms with Crippen molar-refractivity contribution in [3.05, 3.63) is 63.9 Å². The molecule has 1 N–H and O–H groups in total. The molecule has 0 unspecified atom stereocenters. The summed E-state index contributed by atoms with van der Waals surface area (Å²) >= 11 is 0. The van der Waals surface area contributed by atoms with Gasteiger partial charge in [0.25, 0.3) is 5.56 Å². The van der Waals surface area contributed by atoms with E-state index >= 15 is 0 Å². The number of nitrogens with zero attached hydrogens (tertiary/aromatic N) is 1. The number of rotatable bonds is 1. The molecule has 3 rings (SSSR count). The van der Waals surface area contributed by atoms with E-state index in [0.717, 1.165) is 12.1 Å². The molecule has 0 aliphatic heterocycles. The average molecular weight is 272 g/mol. The molecule has 0 amide bonds. The number of nitrogens with one attached hydrogen (secondary N) is 1. The Balaban J connectivity index is 2.39. The molecule has 1 heterocycles. The van der Waals surface area contributed by atoms with Crippen molar-refractivity contribution in [2.45, 2.75) is 6.92 Å². The maximum atomic E-state index is 14.0. The van der Waals surface area contributed by atoms with Gasteiger partial charge in [-0.2, -0.15) is 5.10 Å². The Morgan fingerprint density at radius 3 is 2.50 bits per heavy atom. The molecule has 2 aromatic carbocycles. The van der Waals surface area contributed by atoms with E-state index < -0.39 is 11.6 Å². The second-order valence-corrected chi connectivity index (χ2v) is 4.53. The van der Waals surface area contributed by atoms with E-state index in [1.165, 1.54) is 6.92 Å². The van der Waals surface area contributed by atoms with Gasteiger partial charge in [-0.15, -0.1) is 0 Å². The Bertz CT molecular complexity index is 871. The van der Waals surface area contributed by atoms with Crippen LogP contribution in [-0.4, -0.2) is 10.2 Å². The third kappa shape index (κ3) is 1.87. The average Bonchev–Trinajstić information content (AvgIpc) is 2.44. The van der Waals surface area contributed by atoms with Crippen molar-refractivity contribution in [3.63, 3.8) is 0 Å². The van der Waals surface area contributed by atoms with Gasteiger partial charge in [-0.05, 0) is 30.7 Å². The van der Waals surface area contributed by atoms with Crippen LogP contribution in [0.3, 0.4) is 0 Å². The Labute approximate surface area is 112 Å². The maximum Gasteiger partial charge on any atom is 0.272 e. The molecule has 20 heavy (non-hydrogen) atoms. The van der Waals surface area contributed by atoms with Crippen molar-refractivity contribution in [3.8, 4) is 11.3 Å². The van der Waals surface area contributed by atoms with Gasteiger partial charge in [-0.25, -0.2) is 13.9 Å². The zero-order valence-electron chi connectivity index (χ0n) is 10.6. The largest absolute Gasteiger partial charge is 0.272 e. The Morgan fingerprint density at radius 2 is 1.75 bits per heavy atom. The number of hydrogen-bond acceptors (Lipinski definition) is 2. The SMILES string of the molecule is Cc1cc(F)c(-c2n[nH]c(=O)c3ccccc23)cc1F. The predicted octanol–water partition coefficient (Wildman–Crippen LogP) is 3.18. The third-order valence-electron chi connectivity index (χ3n) is 3.20. The molecule has 1 aromatic heterocycles. The highest BCUT2D eigenvalue weighted by molar-refractivity contribution is 5.93. The number of aromatic nitrogens is 2. The minimum absolute atomic E-state index is 0.0283. The highest BCUT2D eigenvalue weighted by Crippen LogP contribution is 2.28. The molecule has 0 radical (unpaired) electrons. The van der Waals surface area contributed by atoms with Gasteiger partial charge >= 0.3 is 0 Å². The molecular formula is C15H10F2N2O. The normalized spacial score (nSPS) is 10.9. The minimum Gasteiger partial charge on any atom is -0.267 e. The zero-order chi connectivity index (χ0) is 14.3. The van der Waals surface area contributed by atoms with Crippen LogP contribution in [0.1, 0.15) is 5.56 Å². The van der Waals surface area contributed by atoms with Gasteiger partial charge in [0.1, 0.15) is 17.3 Å². The van der Waals surface area contributed by atoms with E-state index in [-0.39, 0.29) is 22.4 Å². The van der Waals surface area contributed by atoms with E-state index in [4.69, 9.17) is 0 Å². The van der Waals surface area contributed by atoms with Crippen molar-refractivity contribution in [1.29, 1.82) is 0 Å². The Morgan fingerprint density at radius 1 is 1.05 bits per heavy atom. The number of halogens is 2. The van der Waals surface area contributed by atoms with Gasteiger partial charge in [0, 0.05) is 10.9 Å². The van der Waals surface area contributed by atoms with Crippen molar-refractivity contribution in [2.75, 3.05) is 0 Å². The first-order chi connectivity index (χ1) is 9.58. The third-order valence-corrected chi connectivity index (χ3v) is 3.20. The van der Waals surface area contributed by atoms with Crippen LogP contribution in [0, 0.1) is 18.6 Å². The molecule has 3 aromatic rings. The first-order valence-electron chi connectivity index (χ1n) is 6.01. The van der Waals surface area contributed by atoms with Crippen molar-refractivity contribution < 1.29 is 8.78 Å². The second kappa shape index (κ2) is 4.52. The van der Waals surface area contributed by atoms with Gasteiger partial charge in [0.2, 0.25) is 0 Å². The van der Waals surface area contributed by atoms with Crippen LogP contribution in [0.15, 0.2) is 41.2 Å². The molecular weight excluding hydrogens is 262 g/mol. The van der Waals surface area contributed by atoms with Crippen LogP contribution in [0.25, 0.3) is 22.0 Å². The zero-order valence-corrected chi connectivity index (χ0v) is 10.6. The van der Waals surface area contributed by atoms with Gasteiger partial charge in [0.15, 0.2) is 0 Å². The van der Waals surface area contributed by atoms with E-state index in [1.54, 1.807) is 24.3 Å². The summed E-state index contributed by atoms with van der Waals surface area (Å²) in [6.45, 7) is 1.49. The fourth-order valence-electron chi connectivity index (χ4n) is 2.15. The molecule has 0 aliphatic rings. The molecule has 0 spiro atoms. The molecule has 0 bridgehead atoms. The monoisotopic (exact) mass is 272 g/mol. The lowest BCUT2D eigenvalue weighted by Gasteiger charge is -2.07. The lowest BCUT2D eigenvalue weighted by Crippen LogP contribution is -2.09. The van der Waals surface area contributed by atoms with Crippen LogP contribution in [-0.2, 0) is 0 Å². The maximum absolute atomic E-state index is 14.0. The fourth-order valence-corrected chi connectivity index (χ4v) is 2.15. The van der Waals surface area contributed by atoms with E-state index in [1.807, 2.05) is 0 Å². The first kappa shape index (κ1) is 12.5. The number of aromatic amines is 1. The number of benzene rings is 2. The highest BCUT2D eigenvalue weighted by atomic mass is 19.1. The molecule has 3 nitrogen and oxygen atoms in total. The Hall–Kier alpha value is -2.56. The summed E-state index contributed by atoms with van der Waals surface area (Å²) in [4.78, 5) is 11.7. The summed E-state index contributed by atoms with van der Waals surface area (Å²) in [6, 6.07) is 8.90. The summed E-state index contributed by atoms with van der Waals surface area (Å²) in [7, 11) is 0. The van der Waals surface area contributed by atoms with Crippen molar-refractivity contribution >= 4 is 10.8 Å². The smallest absolute Gasteiger partial charge is 0.267 e. The number of H-pyrrole nitrogens is 1. The number of hydrogen-bond donors (Lipinski definition) is 1. The molecule has 5 heteroatoms. The topological polar surface area (TPSA) is 45.8 Å². The molecule has 0 fully saturated rings. The van der Waals surface area contributed by atoms with Crippen molar-refractivity contribution in [2.24, 2.45) is 0 Å². The minimum atomic E-state index is -0.575. The van der Waals surface area contributed by atoms with Crippen LogP contribution in [0.4, 0.5) is 8.78 Å². The highest BCUT2D eigenvalue weighted by Gasteiger charge is 2.14. The van der Waals surface area contributed by atoms with Gasteiger partial charge in [-0.3, -0.25) is 4.79 Å². The summed E-state index contributed by atoms with van der Waals surface area (Å²) in [5, 5.41) is 7.04. The number of fused-ring (bicyclic) bond motifs is 1. The first-order valence-corrected chi connectivity index (χ1v) is 6.01. The van der Waals surface area contributed by atoms with Crippen LogP contribution in [0.5, 0.6) is 0 Å². The van der Waals surface area contributed by atoms with Crippen LogP contribution in [0.2, 0.25) is 0 Å². The van der Waals surface area contributed by atoms with E-state index in [9.17, 15) is 13.6 Å². The quantitative estimate of drug-likeness (QED) is 0.739. The summed E-state index contributed by atoms with van der Waals surface area (Å²) < 4.78 is 27.7. The van der Waals surface area contributed by atoms with E-state index in [2.05, 4.69) is 10.2 Å². The Kier molecular flexibility index (Phi) is 2.82.